The van der Waals surface area contributed by atoms with Crippen molar-refractivity contribution in [2.24, 2.45) is 0 Å². The molecule has 0 saturated heterocycles. The van der Waals surface area contributed by atoms with Crippen molar-refractivity contribution in [3.05, 3.63) is 53.6 Å². The van der Waals surface area contributed by atoms with Gasteiger partial charge < -0.3 is 20.1 Å². The van der Waals surface area contributed by atoms with Gasteiger partial charge in [-0.3, -0.25) is 0 Å². The Kier molecular flexibility index (Phi) is 2.61. The zero-order valence-corrected chi connectivity index (χ0v) is 10.2. The molecule has 98 valence electrons. The summed E-state index contributed by atoms with van der Waals surface area (Å²) in [5, 5.41) is 29.8. The Morgan fingerprint density at radius 2 is 1.79 bits per heavy atom. The van der Waals surface area contributed by atoms with Crippen molar-refractivity contribution in [2.75, 3.05) is 0 Å². The molecule has 1 unspecified atom stereocenters. The third-order valence-corrected chi connectivity index (χ3v) is 3.39. The van der Waals surface area contributed by atoms with Crippen molar-refractivity contribution in [3.63, 3.8) is 0 Å². The minimum atomic E-state index is -1.42. The van der Waals surface area contributed by atoms with Crippen molar-refractivity contribution in [1.29, 1.82) is 0 Å². The van der Waals surface area contributed by atoms with E-state index in [1.165, 1.54) is 12.1 Å². The number of phenols is 2. The molecule has 3 N–H and O–H groups in total. The molecular weight excluding hydrogens is 244 g/mol. The summed E-state index contributed by atoms with van der Waals surface area (Å²) in [6, 6.07) is 11.8. The van der Waals surface area contributed by atoms with Crippen molar-refractivity contribution in [1.82, 2.24) is 0 Å². The first-order valence-corrected chi connectivity index (χ1v) is 6.10. The first-order chi connectivity index (χ1) is 9.08. The van der Waals surface area contributed by atoms with Gasteiger partial charge in [-0.25, -0.2) is 0 Å². The summed E-state index contributed by atoms with van der Waals surface area (Å²) < 4.78 is 5.60. The van der Waals surface area contributed by atoms with Crippen LogP contribution in [-0.2, 0) is 12.2 Å². The highest BCUT2D eigenvalue weighted by molar-refractivity contribution is 5.51. The summed E-state index contributed by atoms with van der Waals surface area (Å²) >= 11 is 0. The lowest BCUT2D eigenvalue weighted by atomic mass is 9.94. The van der Waals surface area contributed by atoms with Crippen LogP contribution in [0.4, 0.5) is 0 Å². The van der Waals surface area contributed by atoms with Crippen LogP contribution in [0.2, 0.25) is 0 Å². The number of benzene rings is 2. The molecule has 0 fully saturated rings. The van der Waals surface area contributed by atoms with Gasteiger partial charge in [0.2, 0.25) is 5.79 Å². The summed E-state index contributed by atoms with van der Waals surface area (Å²) in [5.74, 6) is -1.21. The molecule has 4 nitrogen and oxygen atoms in total. The molecule has 2 aromatic carbocycles. The fourth-order valence-corrected chi connectivity index (χ4v) is 2.39. The van der Waals surface area contributed by atoms with Crippen LogP contribution >= 0.6 is 0 Å². The third-order valence-electron chi connectivity index (χ3n) is 3.39. The standard InChI is InChI=1S/C15H14O4/c16-11-8-13(17)12-6-7-15(18,19-14(12)9-11)10-4-2-1-3-5-10/h1-5,8-9,16-18H,6-7H2. The highest BCUT2D eigenvalue weighted by Gasteiger charge is 2.37. The number of aliphatic hydroxyl groups is 1. The van der Waals surface area contributed by atoms with Gasteiger partial charge in [0.15, 0.2) is 0 Å². The van der Waals surface area contributed by atoms with E-state index in [1.807, 2.05) is 18.2 Å². The molecule has 1 heterocycles. The zero-order valence-electron chi connectivity index (χ0n) is 10.2. The summed E-state index contributed by atoms with van der Waals surface area (Å²) in [7, 11) is 0. The average molecular weight is 258 g/mol. The highest BCUT2D eigenvalue weighted by atomic mass is 16.6. The largest absolute Gasteiger partial charge is 0.508 e. The van der Waals surface area contributed by atoms with E-state index in [9.17, 15) is 15.3 Å². The first-order valence-electron chi connectivity index (χ1n) is 6.10. The molecule has 0 saturated carbocycles. The van der Waals surface area contributed by atoms with Crippen LogP contribution in [0, 0.1) is 0 Å². The van der Waals surface area contributed by atoms with E-state index >= 15 is 0 Å². The molecular formula is C15H14O4. The van der Waals surface area contributed by atoms with E-state index in [0.29, 0.717) is 29.7 Å². The molecule has 3 rings (SSSR count). The number of aromatic hydroxyl groups is 2. The van der Waals surface area contributed by atoms with Crippen LogP contribution in [0.15, 0.2) is 42.5 Å². The number of phenolic OH excluding ortho intramolecular Hbond substituents is 2. The van der Waals surface area contributed by atoms with Crippen molar-refractivity contribution < 1.29 is 20.1 Å². The topological polar surface area (TPSA) is 69.9 Å². The van der Waals surface area contributed by atoms with Gasteiger partial charge in [-0.2, -0.15) is 0 Å². The van der Waals surface area contributed by atoms with E-state index in [-0.39, 0.29) is 11.5 Å². The fourth-order valence-electron chi connectivity index (χ4n) is 2.39. The SMILES string of the molecule is Oc1cc(O)c2c(c1)OC(O)(c1ccccc1)CC2. The first kappa shape index (κ1) is 11.9. The maximum Gasteiger partial charge on any atom is 0.235 e. The van der Waals surface area contributed by atoms with E-state index in [0.717, 1.165) is 0 Å². The molecule has 1 aliphatic rings. The van der Waals surface area contributed by atoms with Gasteiger partial charge in [0.05, 0.1) is 0 Å². The molecule has 1 atom stereocenters. The smallest absolute Gasteiger partial charge is 0.235 e. The van der Waals surface area contributed by atoms with E-state index in [1.54, 1.807) is 12.1 Å². The number of hydrogen-bond acceptors (Lipinski definition) is 4. The van der Waals surface area contributed by atoms with Crippen LogP contribution in [0.3, 0.4) is 0 Å². The monoisotopic (exact) mass is 258 g/mol. The van der Waals surface area contributed by atoms with Gasteiger partial charge in [0.25, 0.3) is 0 Å². The van der Waals surface area contributed by atoms with Gasteiger partial charge in [0, 0.05) is 29.7 Å². The van der Waals surface area contributed by atoms with E-state index in [2.05, 4.69) is 0 Å². The van der Waals surface area contributed by atoms with Crippen molar-refractivity contribution in [3.8, 4) is 17.2 Å². The van der Waals surface area contributed by atoms with Crippen molar-refractivity contribution in [2.45, 2.75) is 18.6 Å². The summed E-state index contributed by atoms with van der Waals surface area (Å²) in [4.78, 5) is 0. The average Bonchev–Trinajstić information content (AvgIpc) is 2.39. The Labute approximate surface area is 110 Å². The molecule has 0 aromatic heterocycles. The Morgan fingerprint density at radius 1 is 1.05 bits per heavy atom. The Hall–Kier alpha value is -2.20. The van der Waals surface area contributed by atoms with E-state index < -0.39 is 5.79 Å². The lowest BCUT2D eigenvalue weighted by molar-refractivity contribution is -0.158. The lowest BCUT2D eigenvalue weighted by Gasteiger charge is -2.34. The number of fused-ring (bicyclic) bond motifs is 1. The van der Waals surface area contributed by atoms with Crippen LogP contribution in [-0.4, -0.2) is 15.3 Å². The van der Waals surface area contributed by atoms with Gasteiger partial charge >= 0.3 is 0 Å². The van der Waals surface area contributed by atoms with Crippen LogP contribution in [0.1, 0.15) is 17.5 Å². The molecule has 4 heteroatoms. The van der Waals surface area contributed by atoms with Gasteiger partial charge in [-0.05, 0) is 6.42 Å². The summed E-state index contributed by atoms with van der Waals surface area (Å²) in [5.41, 5.74) is 1.27. The number of rotatable bonds is 1. The molecule has 0 aliphatic carbocycles. The second-order valence-corrected chi connectivity index (χ2v) is 4.69. The number of hydrogen-bond donors (Lipinski definition) is 3. The Bertz CT molecular complexity index is 609. The second kappa shape index (κ2) is 4.17. The quantitative estimate of drug-likeness (QED) is 0.734. The lowest BCUT2D eigenvalue weighted by Crippen LogP contribution is -2.36. The summed E-state index contributed by atoms with van der Waals surface area (Å²) in [6.45, 7) is 0. The predicted molar refractivity (Wildman–Crippen MR) is 69.1 cm³/mol. The van der Waals surface area contributed by atoms with Crippen LogP contribution in [0.5, 0.6) is 17.2 Å². The normalized spacial score (nSPS) is 21.5. The van der Waals surface area contributed by atoms with E-state index in [4.69, 9.17) is 4.74 Å². The minimum absolute atomic E-state index is 0.00916. The third kappa shape index (κ3) is 2.00. The molecule has 0 bridgehead atoms. The van der Waals surface area contributed by atoms with Crippen molar-refractivity contribution >= 4 is 0 Å². The second-order valence-electron chi connectivity index (χ2n) is 4.69. The van der Waals surface area contributed by atoms with Crippen LogP contribution in [0.25, 0.3) is 0 Å². The molecule has 0 amide bonds. The molecule has 0 spiro atoms. The predicted octanol–water partition coefficient (Wildman–Crippen LogP) is 2.27. The number of ether oxygens (including phenoxy) is 1. The maximum absolute atomic E-state index is 10.6. The Morgan fingerprint density at radius 3 is 2.53 bits per heavy atom. The molecule has 1 aliphatic heterocycles. The van der Waals surface area contributed by atoms with Gasteiger partial charge in [-0.15, -0.1) is 0 Å². The maximum atomic E-state index is 10.6. The zero-order chi connectivity index (χ0) is 13.5. The highest BCUT2D eigenvalue weighted by Crippen LogP contribution is 2.43. The van der Waals surface area contributed by atoms with Gasteiger partial charge in [-0.1, -0.05) is 30.3 Å². The molecule has 2 aromatic rings. The van der Waals surface area contributed by atoms with Crippen LogP contribution < -0.4 is 4.74 Å². The minimum Gasteiger partial charge on any atom is -0.508 e. The molecule has 0 radical (unpaired) electrons. The Balaban J connectivity index is 2.02. The van der Waals surface area contributed by atoms with Gasteiger partial charge in [0.1, 0.15) is 17.2 Å². The summed E-state index contributed by atoms with van der Waals surface area (Å²) in [6.07, 6.45) is 0.829. The molecule has 19 heavy (non-hydrogen) atoms. The fraction of sp³-hybridized carbons (Fsp3) is 0.200.